The molecule has 0 aromatic carbocycles. The first-order valence-corrected chi connectivity index (χ1v) is 6.30. The Morgan fingerprint density at radius 1 is 1.18 bits per heavy atom. The summed E-state index contributed by atoms with van der Waals surface area (Å²) in [5, 5.41) is 3.26. The zero-order valence-corrected chi connectivity index (χ0v) is 11.5. The largest absolute Gasteiger partial charge is 0.446 e. The van der Waals surface area contributed by atoms with E-state index in [9.17, 15) is 13.2 Å². The van der Waals surface area contributed by atoms with Gasteiger partial charge in [-0.2, -0.15) is 8.78 Å². The summed E-state index contributed by atoms with van der Waals surface area (Å²) in [7, 11) is 0. The molecule has 10 heteroatoms. The molecule has 0 amide bonds. The highest BCUT2D eigenvalue weighted by atomic mass is 35.5. The van der Waals surface area contributed by atoms with Crippen molar-refractivity contribution >= 4 is 17.2 Å². The van der Waals surface area contributed by atoms with Gasteiger partial charge in [-0.15, -0.1) is 10.2 Å². The third kappa shape index (κ3) is 2.67. The van der Waals surface area contributed by atoms with Gasteiger partial charge < -0.3 is 4.74 Å². The second kappa shape index (κ2) is 5.41. The standard InChI is InChI=1S/C12H7ClF3N5O/c13-12(15,16)11-20-19-9-4-17-8(5-21(9)11)7-1-2-10(18-3-7)22-6-14/h1-5H,6H2. The summed E-state index contributed by atoms with van der Waals surface area (Å²) in [6, 6.07) is 3.00. The van der Waals surface area contributed by atoms with E-state index in [-0.39, 0.29) is 11.5 Å². The van der Waals surface area contributed by atoms with Gasteiger partial charge in [-0.25, -0.2) is 9.37 Å². The molecule has 0 fully saturated rings. The minimum Gasteiger partial charge on any atom is -0.446 e. The van der Waals surface area contributed by atoms with Gasteiger partial charge in [-0.05, 0) is 17.7 Å². The zero-order chi connectivity index (χ0) is 15.7. The number of ether oxygens (including phenoxy) is 1. The highest BCUT2D eigenvalue weighted by molar-refractivity contribution is 6.21. The van der Waals surface area contributed by atoms with Crippen LogP contribution in [-0.4, -0.2) is 31.4 Å². The number of rotatable bonds is 4. The highest BCUT2D eigenvalue weighted by Crippen LogP contribution is 2.31. The predicted octanol–water partition coefficient (Wildman–Crippen LogP) is 2.78. The lowest BCUT2D eigenvalue weighted by molar-refractivity contribution is 0.0833. The van der Waals surface area contributed by atoms with Crippen LogP contribution in [0.15, 0.2) is 30.7 Å². The maximum absolute atomic E-state index is 13.2. The van der Waals surface area contributed by atoms with Crippen molar-refractivity contribution in [1.29, 1.82) is 0 Å². The van der Waals surface area contributed by atoms with Crippen molar-refractivity contribution in [3.05, 3.63) is 36.5 Å². The van der Waals surface area contributed by atoms with Gasteiger partial charge in [0.05, 0.1) is 11.9 Å². The van der Waals surface area contributed by atoms with E-state index in [4.69, 9.17) is 11.6 Å². The molecule has 114 valence electrons. The highest BCUT2D eigenvalue weighted by Gasteiger charge is 2.34. The van der Waals surface area contributed by atoms with Gasteiger partial charge >= 0.3 is 5.38 Å². The Kier molecular flexibility index (Phi) is 3.57. The molecule has 0 aliphatic rings. The lowest BCUT2D eigenvalue weighted by Gasteiger charge is -2.07. The van der Waals surface area contributed by atoms with Gasteiger partial charge in [0, 0.05) is 24.0 Å². The Hall–Kier alpha value is -2.42. The lowest BCUT2D eigenvalue weighted by Crippen LogP contribution is -2.09. The molecule has 0 aliphatic heterocycles. The van der Waals surface area contributed by atoms with Crippen LogP contribution in [-0.2, 0) is 5.38 Å². The second-order valence-corrected chi connectivity index (χ2v) is 4.64. The monoisotopic (exact) mass is 329 g/mol. The Bertz CT molecular complexity index is 803. The Morgan fingerprint density at radius 2 is 2.00 bits per heavy atom. The molecule has 3 heterocycles. The summed E-state index contributed by atoms with van der Waals surface area (Å²) < 4.78 is 44.1. The van der Waals surface area contributed by atoms with E-state index < -0.39 is 18.1 Å². The van der Waals surface area contributed by atoms with E-state index in [0.29, 0.717) is 11.3 Å². The van der Waals surface area contributed by atoms with Crippen molar-refractivity contribution in [1.82, 2.24) is 24.6 Å². The molecule has 0 saturated carbocycles. The molecule has 0 aliphatic carbocycles. The third-order valence-corrected chi connectivity index (χ3v) is 2.95. The molecule has 0 bridgehead atoms. The summed E-state index contributed by atoms with van der Waals surface area (Å²) in [6.45, 7) is -0.995. The maximum atomic E-state index is 13.2. The van der Waals surface area contributed by atoms with Crippen molar-refractivity contribution in [2.75, 3.05) is 6.86 Å². The lowest BCUT2D eigenvalue weighted by atomic mass is 10.2. The molecule has 6 nitrogen and oxygen atoms in total. The first-order chi connectivity index (χ1) is 10.5. The first-order valence-electron chi connectivity index (χ1n) is 5.92. The van der Waals surface area contributed by atoms with Crippen LogP contribution in [0.25, 0.3) is 16.9 Å². The smallest absolute Gasteiger partial charge is 0.382 e. The van der Waals surface area contributed by atoms with Gasteiger partial charge in [-0.3, -0.25) is 9.38 Å². The fraction of sp³-hybridized carbons (Fsp3) is 0.167. The van der Waals surface area contributed by atoms with Gasteiger partial charge in [-0.1, -0.05) is 0 Å². The number of fused-ring (bicyclic) bond motifs is 1. The summed E-state index contributed by atoms with van der Waals surface area (Å²) in [4.78, 5) is 7.95. The fourth-order valence-corrected chi connectivity index (χ4v) is 1.95. The number of alkyl halides is 4. The van der Waals surface area contributed by atoms with Crippen LogP contribution < -0.4 is 4.74 Å². The van der Waals surface area contributed by atoms with E-state index in [2.05, 4.69) is 24.9 Å². The molecule has 3 aromatic heterocycles. The molecule has 0 spiro atoms. The number of nitrogens with zero attached hydrogens (tertiary/aromatic N) is 5. The first kappa shape index (κ1) is 14.5. The van der Waals surface area contributed by atoms with Crippen LogP contribution in [0.4, 0.5) is 13.2 Å². The molecule has 3 rings (SSSR count). The molecule has 22 heavy (non-hydrogen) atoms. The number of hydrogen-bond acceptors (Lipinski definition) is 5. The summed E-state index contributed by atoms with van der Waals surface area (Å²) >= 11 is 4.99. The van der Waals surface area contributed by atoms with Crippen LogP contribution in [0.3, 0.4) is 0 Å². The number of pyridine rings is 1. The number of hydrogen-bond donors (Lipinski definition) is 0. The molecular weight excluding hydrogens is 323 g/mol. The van der Waals surface area contributed by atoms with E-state index in [1.165, 1.54) is 24.7 Å². The quantitative estimate of drug-likeness (QED) is 0.689. The molecule has 0 atom stereocenters. The molecule has 0 unspecified atom stereocenters. The van der Waals surface area contributed by atoms with E-state index in [1.54, 1.807) is 6.07 Å². The predicted molar refractivity (Wildman–Crippen MR) is 70.4 cm³/mol. The number of halogens is 4. The SMILES string of the molecule is FCOc1ccc(-c2cn3c(C(F)(F)Cl)nnc3cn2)cn1. The average Bonchev–Trinajstić information content (AvgIpc) is 2.91. The van der Waals surface area contributed by atoms with E-state index in [1.807, 2.05) is 0 Å². The third-order valence-electron chi connectivity index (χ3n) is 2.78. The van der Waals surface area contributed by atoms with Crippen molar-refractivity contribution < 1.29 is 17.9 Å². The normalized spacial score (nSPS) is 11.8. The molecule has 3 aromatic rings. The number of aromatic nitrogens is 5. The zero-order valence-electron chi connectivity index (χ0n) is 10.8. The van der Waals surface area contributed by atoms with Crippen molar-refractivity contribution in [3.63, 3.8) is 0 Å². The van der Waals surface area contributed by atoms with Crippen LogP contribution in [0, 0.1) is 0 Å². The second-order valence-electron chi connectivity index (χ2n) is 4.16. The van der Waals surface area contributed by atoms with Gasteiger partial charge in [0.2, 0.25) is 18.6 Å². The summed E-state index contributed by atoms with van der Waals surface area (Å²) in [5.74, 6) is -0.609. The minimum atomic E-state index is -3.66. The van der Waals surface area contributed by atoms with Crippen LogP contribution in [0.1, 0.15) is 5.82 Å². The Labute approximate surface area is 126 Å². The van der Waals surface area contributed by atoms with Crippen LogP contribution >= 0.6 is 11.6 Å². The van der Waals surface area contributed by atoms with E-state index in [0.717, 1.165) is 4.40 Å². The summed E-state index contributed by atoms with van der Waals surface area (Å²) in [6.07, 6.45) is 3.97. The van der Waals surface area contributed by atoms with Crippen LogP contribution in [0.5, 0.6) is 5.88 Å². The molecule has 0 radical (unpaired) electrons. The Balaban J connectivity index is 2.04. The fourth-order valence-electron chi connectivity index (χ4n) is 1.82. The maximum Gasteiger partial charge on any atom is 0.382 e. The van der Waals surface area contributed by atoms with Crippen molar-refractivity contribution in [2.24, 2.45) is 0 Å². The molecule has 0 saturated heterocycles. The summed E-state index contributed by atoms with van der Waals surface area (Å²) in [5.41, 5.74) is 0.990. The average molecular weight is 330 g/mol. The van der Waals surface area contributed by atoms with Gasteiger partial charge in [0.25, 0.3) is 0 Å². The van der Waals surface area contributed by atoms with Gasteiger partial charge in [0.15, 0.2) is 5.65 Å². The van der Waals surface area contributed by atoms with Crippen molar-refractivity contribution in [3.8, 4) is 17.1 Å². The molecule has 0 N–H and O–H groups in total. The van der Waals surface area contributed by atoms with Crippen molar-refractivity contribution in [2.45, 2.75) is 5.38 Å². The molecular formula is C12H7ClF3N5O. The van der Waals surface area contributed by atoms with E-state index >= 15 is 0 Å². The minimum absolute atomic E-state index is 0.101. The Morgan fingerprint density at radius 3 is 2.64 bits per heavy atom. The topological polar surface area (TPSA) is 65.2 Å². The van der Waals surface area contributed by atoms with Gasteiger partial charge in [0.1, 0.15) is 0 Å². The van der Waals surface area contributed by atoms with Crippen LogP contribution in [0.2, 0.25) is 0 Å².